The maximum atomic E-state index is 13.2. The minimum absolute atomic E-state index is 0.0576. The number of allylic oxidation sites excluding steroid dienone is 2. The molecule has 0 bridgehead atoms. The van der Waals surface area contributed by atoms with E-state index in [1.807, 2.05) is 13.8 Å². The maximum absolute atomic E-state index is 13.2. The third-order valence-electron chi connectivity index (χ3n) is 12.9. The van der Waals surface area contributed by atoms with E-state index in [9.17, 15) is 4.79 Å². The van der Waals surface area contributed by atoms with E-state index in [1.165, 1.54) is 56.9 Å². The summed E-state index contributed by atoms with van der Waals surface area (Å²) in [5.41, 5.74) is 15.6. The molecule has 5 rings (SSSR count). The van der Waals surface area contributed by atoms with Crippen molar-refractivity contribution in [3.63, 3.8) is 0 Å². The van der Waals surface area contributed by atoms with Crippen molar-refractivity contribution < 1.29 is 9.53 Å². The summed E-state index contributed by atoms with van der Waals surface area (Å²) in [4.78, 5) is 13.2. The molecule has 4 aliphatic carbocycles. The van der Waals surface area contributed by atoms with Crippen LogP contribution >= 0.6 is 0 Å². The van der Waals surface area contributed by atoms with Gasteiger partial charge in [-0.2, -0.15) is 0 Å². The van der Waals surface area contributed by atoms with Crippen LogP contribution in [-0.4, -0.2) is 12.1 Å². The zero-order valence-corrected chi connectivity index (χ0v) is 28.4. The third-order valence-corrected chi connectivity index (χ3v) is 12.9. The van der Waals surface area contributed by atoms with Crippen LogP contribution in [-0.2, 0) is 4.74 Å². The molecule has 0 spiro atoms. The van der Waals surface area contributed by atoms with Gasteiger partial charge in [-0.25, -0.2) is 4.79 Å². The van der Waals surface area contributed by atoms with E-state index in [-0.39, 0.29) is 17.5 Å². The molecule has 4 N–H and O–H groups in total. The number of rotatable bonds is 6. The van der Waals surface area contributed by atoms with Gasteiger partial charge < -0.3 is 16.2 Å². The van der Waals surface area contributed by atoms with Gasteiger partial charge in [0.2, 0.25) is 0 Å². The highest BCUT2D eigenvalue weighted by atomic mass is 16.5. The van der Waals surface area contributed by atoms with Crippen LogP contribution in [0.1, 0.15) is 137 Å². The second-order valence-electron chi connectivity index (χ2n) is 15.7. The Hall–Kier alpha value is -1.97. The molecule has 1 aromatic rings. The molecule has 236 valence electrons. The number of anilines is 2. The Kier molecular flexibility index (Phi) is 9.85. The molecule has 0 heterocycles. The Bertz CT molecular complexity index is 1120. The molecule has 4 heteroatoms. The minimum atomic E-state index is -0.293. The molecule has 4 nitrogen and oxygen atoms in total. The van der Waals surface area contributed by atoms with E-state index in [2.05, 4.69) is 54.5 Å². The normalized spacial score (nSPS) is 37.2. The first-order valence-electron chi connectivity index (χ1n) is 17.3. The second-order valence-corrected chi connectivity index (χ2v) is 15.7. The van der Waals surface area contributed by atoms with E-state index in [0.29, 0.717) is 33.7 Å². The van der Waals surface area contributed by atoms with E-state index >= 15 is 0 Å². The van der Waals surface area contributed by atoms with Crippen molar-refractivity contribution in [2.45, 2.75) is 133 Å². The van der Waals surface area contributed by atoms with Crippen molar-refractivity contribution in [2.24, 2.45) is 51.8 Å². The number of hydrogen-bond acceptors (Lipinski definition) is 4. The van der Waals surface area contributed by atoms with E-state index in [0.717, 1.165) is 42.4 Å². The first kappa shape index (κ1) is 32.9. The quantitative estimate of drug-likeness (QED) is 0.200. The molecule has 4 fully saturated rings. The van der Waals surface area contributed by atoms with Gasteiger partial charge in [0.25, 0.3) is 0 Å². The number of ether oxygens (including phenoxy) is 1. The average Bonchev–Trinajstić information content (AvgIpc) is 3.28. The molecule has 0 aliphatic heterocycles. The Morgan fingerprint density at radius 1 is 0.905 bits per heavy atom. The van der Waals surface area contributed by atoms with Crippen LogP contribution < -0.4 is 11.5 Å². The molecule has 4 saturated carbocycles. The summed E-state index contributed by atoms with van der Waals surface area (Å²) in [5, 5.41) is 0. The zero-order chi connectivity index (χ0) is 31.0. The summed E-state index contributed by atoms with van der Waals surface area (Å²) in [6.45, 7) is 21.0. The highest BCUT2D eigenvalue weighted by Crippen LogP contribution is 2.70. The van der Waals surface area contributed by atoms with Gasteiger partial charge in [-0.15, -0.1) is 0 Å². The Labute approximate surface area is 257 Å². The van der Waals surface area contributed by atoms with Crippen molar-refractivity contribution in [3.05, 3.63) is 35.4 Å². The second kappa shape index (κ2) is 12.6. The predicted molar refractivity (Wildman–Crippen MR) is 178 cm³/mol. The van der Waals surface area contributed by atoms with Gasteiger partial charge in [-0.3, -0.25) is 0 Å². The molecular formula is C38H62N2O2. The van der Waals surface area contributed by atoms with Crippen molar-refractivity contribution in [3.8, 4) is 0 Å². The predicted octanol–water partition coefficient (Wildman–Crippen LogP) is 10.1. The van der Waals surface area contributed by atoms with Crippen LogP contribution in [0.3, 0.4) is 0 Å². The summed E-state index contributed by atoms with van der Waals surface area (Å²) in [7, 11) is 0. The maximum Gasteiger partial charge on any atom is 0.338 e. The van der Waals surface area contributed by atoms with Gasteiger partial charge in [0, 0.05) is 16.8 Å². The smallest absolute Gasteiger partial charge is 0.338 e. The fourth-order valence-corrected chi connectivity index (χ4v) is 11.1. The third kappa shape index (κ3) is 5.90. The molecule has 0 radical (unpaired) electrons. The number of carbonyl (C=O) groups excluding carboxylic acids is 1. The van der Waals surface area contributed by atoms with E-state index in [1.54, 1.807) is 18.2 Å². The molecule has 0 aromatic heterocycles. The van der Waals surface area contributed by atoms with Crippen LogP contribution in [0, 0.1) is 51.8 Å². The van der Waals surface area contributed by atoms with Gasteiger partial charge in [-0.05, 0) is 143 Å². The first-order valence-corrected chi connectivity index (χ1v) is 17.3. The molecule has 9 unspecified atom stereocenters. The first-order chi connectivity index (χ1) is 19.8. The number of carbonyl (C=O) groups is 1. The van der Waals surface area contributed by atoms with E-state index < -0.39 is 0 Å². The Morgan fingerprint density at radius 3 is 2.17 bits per heavy atom. The summed E-state index contributed by atoms with van der Waals surface area (Å²) in [6.07, 6.45) is 15.3. The molecule has 0 saturated heterocycles. The lowest BCUT2D eigenvalue weighted by molar-refractivity contribution is -0.180. The van der Waals surface area contributed by atoms with Gasteiger partial charge >= 0.3 is 5.97 Å². The highest BCUT2D eigenvalue weighted by molar-refractivity contribution is 5.91. The lowest BCUT2D eigenvalue weighted by Crippen LogP contribution is -2.59. The van der Waals surface area contributed by atoms with Crippen LogP contribution in [0.2, 0.25) is 0 Å². The number of nitrogens with two attached hydrogens (primary N) is 2. The van der Waals surface area contributed by atoms with Crippen LogP contribution in [0.15, 0.2) is 29.8 Å². The summed E-state index contributed by atoms with van der Waals surface area (Å²) in [5.74, 6) is 4.51. The minimum Gasteiger partial charge on any atom is -0.458 e. The molecule has 42 heavy (non-hydrogen) atoms. The van der Waals surface area contributed by atoms with E-state index in [4.69, 9.17) is 16.2 Å². The van der Waals surface area contributed by atoms with Gasteiger partial charge in [0.1, 0.15) is 6.10 Å². The fourth-order valence-electron chi connectivity index (χ4n) is 11.1. The van der Waals surface area contributed by atoms with Gasteiger partial charge in [0.05, 0.1) is 5.56 Å². The number of fused-ring (bicyclic) bond motifs is 5. The summed E-state index contributed by atoms with van der Waals surface area (Å²) >= 11 is 0. The number of benzene rings is 1. The Balaban J connectivity index is 0.00000198. The molecule has 1 aromatic carbocycles. The van der Waals surface area contributed by atoms with Crippen molar-refractivity contribution >= 4 is 17.3 Å². The standard InChI is InChI=1S/C36H56N2O2.C2H6/c1-22(2)9-8-10-23(3)28-12-13-29-27-11-14-31-34(4,5)32(40-33(39)24-19-25(37)21-26(38)20-24)16-18-36(31,7)30(27)15-17-35(28,29)6;1-2/h9,19-21,23,27-32H,8,10-18,37-38H2,1-7H3;1-2H3. The fraction of sp³-hybridized carbons (Fsp3) is 0.763. The van der Waals surface area contributed by atoms with Gasteiger partial charge in [-0.1, -0.05) is 60.1 Å². The monoisotopic (exact) mass is 578 g/mol. The Morgan fingerprint density at radius 2 is 1.52 bits per heavy atom. The largest absolute Gasteiger partial charge is 0.458 e. The van der Waals surface area contributed by atoms with Crippen LogP contribution in [0.4, 0.5) is 11.4 Å². The molecule has 9 atom stereocenters. The topological polar surface area (TPSA) is 78.3 Å². The molecule has 4 aliphatic rings. The van der Waals surface area contributed by atoms with Crippen molar-refractivity contribution in [1.82, 2.24) is 0 Å². The SMILES string of the molecule is CC.CC(C)=CCCC(C)C1CCC2C3CCC4C(C)(C)C(OC(=O)c5cc(N)cc(N)c5)CCC4(C)C3CCC12C. The summed E-state index contributed by atoms with van der Waals surface area (Å²) < 4.78 is 6.25. The molecule has 0 amide bonds. The molecular weight excluding hydrogens is 516 g/mol. The lowest BCUT2D eigenvalue weighted by Gasteiger charge is -2.65. The van der Waals surface area contributed by atoms with Gasteiger partial charge in [0.15, 0.2) is 0 Å². The van der Waals surface area contributed by atoms with Crippen LogP contribution in [0.5, 0.6) is 0 Å². The number of nitrogen functional groups attached to an aromatic ring is 2. The lowest BCUT2D eigenvalue weighted by atomic mass is 9.41. The zero-order valence-electron chi connectivity index (χ0n) is 28.4. The highest BCUT2D eigenvalue weighted by Gasteiger charge is 2.63. The number of esters is 1. The number of hydrogen-bond donors (Lipinski definition) is 2. The van der Waals surface area contributed by atoms with Crippen LogP contribution in [0.25, 0.3) is 0 Å². The van der Waals surface area contributed by atoms with Crippen molar-refractivity contribution in [2.75, 3.05) is 11.5 Å². The van der Waals surface area contributed by atoms with Crippen molar-refractivity contribution in [1.29, 1.82) is 0 Å². The average molecular weight is 579 g/mol. The summed E-state index contributed by atoms with van der Waals surface area (Å²) in [6, 6.07) is 5.04.